The molecule has 0 saturated heterocycles. The average Bonchev–Trinajstić information content (AvgIpc) is 2.75. The van der Waals surface area contributed by atoms with Crippen molar-refractivity contribution in [3.63, 3.8) is 0 Å². The summed E-state index contributed by atoms with van der Waals surface area (Å²) in [5, 5.41) is 0.393. The molecular formula is C22H23N3O4. The summed E-state index contributed by atoms with van der Waals surface area (Å²) in [6, 6.07) is 12.8. The molecular weight excluding hydrogens is 370 g/mol. The molecule has 7 heteroatoms. The van der Waals surface area contributed by atoms with Gasteiger partial charge in [-0.1, -0.05) is 30.3 Å². The van der Waals surface area contributed by atoms with Crippen molar-refractivity contribution in [3.05, 3.63) is 70.3 Å². The van der Waals surface area contributed by atoms with E-state index in [-0.39, 0.29) is 18.0 Å². The number of rotatable bonds is 7. The fourth-order valence-electron chi connectivity index (χ4n) is 2.95. The lowest BCUT2D eigenvalue weighted by Crippen LogP contribution is -2.30. The van der Waals surface area contributed by atoms with E-state index in [0.717, 1.165) is 5.56 Å². The molecule has 3 aromatic rings. The van der Waals surface area contributed by atoms with Crippen molar-refractivity contribution >= 4 is 22.9 Å². The minimum atomic E-state index is -0.297. The van der Waals surface area contributed by atoms with Crippen LogP contribution in [0.3, 0.4) is 0 Å². The molecule has 0 aliphatic heterocycles. The number of ether oxygens (including phenoxy) is 2. The van der Waals surface area contributed by atoms with Gasteiger partial charge in [-0.2, -0.15) is 0 Å². The Labute approximate surface area is 168 Å². The quantitative estimate of drug-likeness (QED) is 0.624. The van der Waals surface area contributed by atoms with Crippen LogP contribution in [0.1, 0.15) is 18.3 Å². The normalized spacial score (nSPS) is 11.0. The van der Waals surface area contributed by atoms with Gasteiger partial charge >= 0.3 is 0 Å². The maximum atomic E-state index is 12.6. The molecule has 29 heavy (non-hydrogen) atoms. The highest BCUT2D eigenvalue weighted by Crippen LogP contribution is 2.29. The summed E-state index contributed by atoms with van der Waals surface area (Å²) in [6.07, 6.45) is 3.28. The molecule has 1 heterocycles. The second-order valence-electron chi connectivity index (χ2n) is 6.33. The van der Waals surface area contributed by atoms with Crippen molar-refractivity contribution in [2.24, 2.45) is 0 Å². The van der Waals surface area contributed by atoms with Crippen LogP contribution in [-0.2, 0) is 11.3 Å². The van der Waals surface area contributed by atoms with E-state index in [1.165, 1.54) is 20.3 Å². The van der Waals surface area contributed by atoms with Gasteiger partial charge in [0.25, 0.3) is 5.56 Å². The Bertz CT molecular complexity index is 1090. The molecule has 0 unspecified atom stereocenters. The maximum Gasteiger partial charge on any atom is 0.258 e. The Hall–Kier alpha value is -3.61. The van der Waals surface area contributed by atoms with Crippen LogP contribution in [0.4, 0.5) is 0 Å². The van der Waals surface area contributed by atoms with Gasteiger partial charge in [0.05, 0.1) is 31.7 Å². The van der Waals surface area contributed by atoms with Crippen molar-refractivity contribution in [1.29, 1.82) is 0 Å². The molecule has 1 aromatic heterocycles. The van der Waals surface area contributed by atoms with Crippen LogP contribution < -0.4 is 15.0 Å². The fourth-order valence-corrected chi connectivity index (χ4v) is 2.95. The molecule has 1 N–H and O–H groups in total. The molecule has 1 amide bonds. The largest absolute Gasteiger partial charge is 0.493 e. The van der Waals surface area contributed by atoms with Gasteiger partial charge in [-0.3, -0.25) is 9.59 Å². The van der Waals surface area contributed by atoms with Gasteiger partial charge in [0.1, 0.15) is 5.82 Å². The van der Waals surface area contributed by atoms with Crippen LogP contribution in [0.25, 0.3) is 17.0 Å². The Kier molecular flexibility index (Phi) is 6.29. The van der Waals surface area contributed by atoms with E-state index in [2.05, 4.69) is 9.97 Å². The standard InChI is InChI=1S/C22H23N3O4/c1-4-25(21(26)11-10-15-8-6-5-7-9-15)14-20-23-17-13-19(29-3)18(28-2)12-16(17)22(27)24-20/h5-13H,4,14H2,1-3H3,(H,23,24,27)/b11-10+. The number of carbonyl (C=O) groups is 1. The minimum absolute atomic E-state index is 0.161. The zero-order chi connectivity index (χ0) is 20.8. The molecule has 2 aromatic carbocycles. The first-order chi connectivity index (χ1) is 14.0. The Morgan fingerprint density at radius 1 is 1.14 bits per heavy atom. The summed E-state index contributed by atoms with van der Waals surface area (Å²) in [6.45, 7) is 2.54. The number of carbonyl (C=O) groups excluding carboxylic acids is 1. The van der Waals surface area contributed by atoms with Crippen LogP contribution in [0, 0.1) is 0 Å². The number of aromatic nitrogens is 2. The van der Waals surface area contributed by atoms with Crippen LogP contribution in [-0.4, -0.2) is 41.5 Å². The lowest BCUT2D eigenvalue weighted by Gasteiger charge is -2.18. The zero-order valence-corrected chi connectivity index (χ0v) is 16.6. The third kappa shape index (κ3) is 4.63. The van der Waals surface area contributed by atoms with Gasteiger partial charge in [0.2, 0.25) is 5.91 Å². The van der Waals surface area contributed by atoms with E-state index >= 15 is 0 Å². The van der Waals surface area contributed by atoms with Crippen LogP contribution in [0.15, 0.2) is 53.3 Å². The van der Waals surface area contributed by atoms with Crippen molar-refractivity contribution in [2.75, 3.05) is 20.8 Å². The minimum Gasteiger partial charge on any atom is -0.493 e. The number of hydrogen-bond donors (Lipinski definition) is 1. The first kappa shape index (κ1) is 20.1. The van der Waals surface area contributed by atoms with Crippen LogP contribution in [0.2, 0.25) is 0 Å². The fraction of sp³-hybridized carbons (Fsp3) is 0.227. The molecule has 150 valence electrons. The second kappa shape index (κ2) is 9.05. The Balaban J connectivity index is 1.86. The van der Waals surface area contributed by atoms with Crippen molar-refractivity contribution in [2.45, 2.75) is 13.5 Å². The summed E-state index contributed by atoms with van der Waals surface area (Å²) >= 11 is 0. The number of H-pyrrole nitrogens is 1. The molecule has 0 bridgehead atoms. The van der Waals surface area contributed by atoms with E-state index in [1.54, 1.807) is 23.1 Å². The number of benzene rings is 2. The number of amides is 1. The lowest BCUT2D eigenvalue weighted by atomic mass is 10.2. The maximum absolute atomic E-state index is 12.6. The molecule has 7 nitrogen and oxygen atoms in total. The molecule has 0 radical (unpaired) electrons. The van der Waals surface area contributed by atoms with Crippen LogP contribution in [0.5, 0.6) is 11.5 Å². The molecule has 0 aliphatic carbocycles. The van der Waals surface area contributed by atoms with Gasteiger partial charge in [0.15, 0.2) is 11.5 Å². The molecule has 0 fully saturated rings. The van der Waals surface area contributed by atoms with Gasteiger partial charge in [0, 0.05) is 18.7 Å². The van der Waals surface area contributed by atoms with Crippen molar-refractivity contribution < 1.29 is 14.3 Å². The van der Waals surface area contributed by atoms with Crippen molar-refractivity contribution in [1.82, 2.24) is 14.9 Å². The Morgan fingerprint density at radius 3 is 2.48 bits per heavy atom. The van der Waals surface area contributed by atoms with E-state index < -0.39 is 0 Å². The number of likely N-dealkylation sites (N-methyl/N-ethyl adjacent to an activating group) is 1. The summed E-state index contributed by atoms with van der Waals surface area (Å²) < 4.78 is 10.5. The smallest absolute Gasteiger partial charge is 0.258 e. The monoisotopic (exact) mass is 393 g/mol. The summed E-state index contributed by atoms with van der Waals surface area (Å²) in [7, 11) is 3.03. The predicted octanol–water partition coefficient (Wildman–Crippen LogP) is 3.00. The first-order valence-corrected chi connectivity index (χ1v) is 9.22. The second-order valence-corrected chi connectivity index (χ2v) is 6.33. The number of fused-ring (bicyclic) bond motifs is 1. The summed E-state index contributed by atoms with van der Waals surface area (Å²) in [5.41, 5.74) is 1.12. The highest BCUT2D eigenvalue weighted by Gasteiger charge is 2.14. The average molecular weight is 393 g/mol. The predicted molar refractivity (Wildman–Crippen MR) is 112 cm³/mol. The number of hydrogen-bond acceptors (Lipinski definition) is 5. The van der Waals surface area contributed by atoms with Gasteiger partial charge < -0.3 is 19.4 Å². The third-order valence-corrected chi connectivity index (χ3v) is 4.51. The highest BCUT2D eigenvalue weighted by molar-refractivity contribution is 5.91. The van der Waals surface area contributed by atoms with Gasteiger partial charge in [-0.15, -0.1) is 0 Å². The third-order valence-electron chi connectivity index (χ3n) is 4.51. The number of methoxy groups -OCH3 is 2. The zero-order valence-electron chi connectivity index (χ0n) is 16.6. The Morgan fingerprint density at radius 2 is 1.83 bits per heavy atom. The topological polar surface area (TPSA) is 84.5 Å². The van der Waals surface area contributed by atoms with E-state index in [1.807, 2.05) is 37.3 Å². The van der Waals surface area contributed by atoms with Crippen molar-refractivity contribution in [3.8, 4) is 11.5 Å². The van der Waals surface area contributed by atoms with E-state index in [4.69, 9.17) is 9.47 Å². The number of nitrogens with zero attached hydrogens (tertiary/aromatic N) is 2. The first-order valence-electron chi connectivity index (χ1n) is 9.22. The molecule has 0 atom stereocenters. The van der Waals surface area contributed by atoms with Gasteiger partial charge in [-0.25, -0.2) is 4.98 Å². The summed E-state index contributed by atoms with van der Waals surface area (Å²) in [4.78, 5) is 33.9. The number of nitrogens with one attached hydrogen (secondary N) is 1. The number of aromatic amines is 1. The SMILES string of the molecule is CCN(Cc1nc2cc(OC)c(OC)cc2c(=O)[nH]1)C(=O)/C=C/c1ccccc1. The van der Waals surface area contributed by atoms with E-state index in [0.29, 0.717) is 34.8 Å². The molecule has 3 rings (SSSR count). The molecule has 0 saturated carbocycles. The summed E-state index contributed by atoms with van der Waals surface area (Å²) in [5.74, 6) is 1.18. The lowest BCUT2D eigenvalue weighted by molar-refractivity contribution is -0.126. The molecule has 0 aliphatic rings. The van der Waals surface area contributed by atoms with Crippen LogP contribution >= 0.6 is 0 Å². The highest BCUT2D eigenvalue weighted by atomic mass is 16.5. The van der Waals surface area contributed by atoms with Gasteiger partial charge in [-0.05, 0) is 24.6 Å². The molecule has 0 spiro atoms. The van der Waals surface area contributed by atoms with E-state index in [9.17, 15) is 9.59 Å².